The van der Waals surface area contributed by atoms with E-state index < -0.39 is 44.3 Å². The fourth-order valence-electron chi connectivity index (χ4n) is 4.00. The minimum Gasteiger partial charge on any atom is -0.367 e. The summed E-state index contributed by atoms with van der Waals surface area (Å²) in [7, 11) is -4.14. The number of halogens is 5. The van der Waals surface area contributed by atoms with Crippen LogP contribution in [0.5, 0.6) is 0 Å². The van der Waals surface area contributed by atoms with Crippen molar-refractivity contribution in [1.82, 2.24) is 9.21 Å². The van der Waals surface area contributed by atoms with Crippen LogP contribution < -0.4 is 0 Å². The highest BCUT2D eigenvalue weighted by molar-refractivity contribution is 7.89. The maximum absolute atomic E-state index is 14.1. The lowest BCUT2D eigenvalue weighted by atomic mass is 10.1. The van der Waals surface area contributed by atoms with E-state index in [0.717, 1.165) is 34.1 Å². The van der Waals surface area contributed by atoms with Crippen LogP contribution >= 0.6 is 11.6 Å². The van der Waals surface area contributed by atoms with E-state index in [1.54, 1.807) is 24.3 Å². The number of benzene rings is 3. The van der Waals surface area contributed by atoms with Crippen molar-refractivity contribution in [2.75, 3.05) is 32.7 Å². The molecule has 1 saturated heterocycles. The minimum atomic E-state index is -4.14. The molecule has 5 nitrogen and oxygen atoms in total. The molecule has 0 aliphatic carbocycles. The normalized spacial score (nSPS) is 16.2. The van der Waals surface area contributed by atoms with Crippen LogP contribution in [0.15, 0.2) is 65.6 Å². The van der Waals surface area contributed by atoms with Gasteiger partial charge in [-0.1, -0.05) is 29.8 Å². The van der Waals surface area contributed by atoms with Crippen molar-refractivity contribution in [3.63, 3.8) is 0 Å². The van der Waals surface area contributed by atoms with Gasteiger partial charge in [-0.05, 0) is 42.0 Å². The second-order valence-corrected chi connectivity index (χ2v) is 10.7. The van der Waals surface area contributed by atoms with Gasteiger partial charge in [0.15, 0.2) is 0 Å². The van der Waals surface area contributed by atoms with Crippen LogP contribution in [0.4, 0.5) is 17.6 Å². The molecule has 192 valence electrons. The van der Waals surface area contributed by atoms with Crippen molar-refractivity contribution in [2.24, 2.45) is 0 Å². The molecule has 36 heavy (non-hydrogen) atoms. The summed E-state index contributed by atoms with van der Waals surface area (Å²) in [5.41, 5.74) is 0.549. The summed E-state index contributed by atoms with van der Waals surface area (Å²) in [5.74, 6) is -3.43. The first kappa shape index (κ1) is 26.6. The Balaban J connectivity index is 1.45. The van der Waals surface area contributed by atoms with Crippen molar-refractivity contribution in [3.8, 4) is 0 Å². The largest absolute Gasteiger partial charge is 0.367 e. The van der Waals surface area contributed by atoms with Crippen molar-refractivity contribution in [2.45, 2.75) is 17.6 Å². The van der Waals surface area contributed by atoms with Gasteiger partial charge in [0.25, 0.3) is 0 Å². The molecule has 0 aromatic heterocycles. The molecule has 0 unspecified atom stereocenters. The molecule has 0 spiro atoms. The Labute approximate surface area is 211 Å². The van der Waals surface area contributed by atoms with Gasteiger partial charge in [0.05, 0.1) is 12.7 Å². The molecule has 0 radical (unpaired) electrons. The van der Waals surface area contributed by atoms with Gasteiger partial charge in [-0.15, -0.1) is 0 Å². The average Bonchev–Trinajstić information content (AvgIpc) is 2.83. The first-order valence-corrected chi connectivity index (χ1v) is 12.9. The van der Waals surface area contributed by atoms with Gasteiger partial charge in [0.1, 0.15) is 28.2 Å². The molecule has 1 aliphatic rings. The van der Waals surface area contributed by atoms with Crippen LogP contribution in [0, 0.1) is 23.3 Å². The molecule has 3 aromatic rings. The molecule has 0 bridgehead atoms. The molecule has 1 atom stereocenters. The highest BCUT2D eigenvalue weighted by atomic mass is 35.5. The van der Waals surface area contributed by atoms with Crippen molar-refractivity contribution in [1.29, 1.82) is 0 Å². The number of hydrogen-bond acceptors (Lipinski definition) is 4. The SMILES string of the molecule is O=S(=O)(c1ccc(F)cc1F)N1CCN(C[C@@H](OCc2c(F)cccc2F)c2ccc(Cl)cc2)CC1. The van der Waals surface area contributed by atoms with Crippen molar-refractivity contribution in [3.05, 3.63) is 100 Å². The third-order valence-electron chi connectivity index (χ3n) is 6.00. The second kappa shape index (κ2) is 11.3. The van der Waals surface area contributed by atoms with E-state index in [1.807, 2.05) is 4.90 Å². The predicted molar refractivity (Wildman–Crippen MR) is 127 cm³/mol. The number of ether oxygens (including phenoxy) is 1. The smallest absolute Gasteiger partial charge is 0.246 e. The number of nitrogens with zero attached hydrogens (tertiary/aromatic N) is 2. The lowest BCUT2D eigenvalue weighted by Crippen LogP contribution is -2.49. The molecular formula is C25H23ClF4N2O3S. The Bertz CT molecular complexity index is 1300. The van der Waals surface area contributed by atoms with Gasteiger partial charge < -0.3 is 4.74 Å². The zero-order valence-corrected chi connectivity index (χ0v) is 20.6. The summed E-state index contributed by atoms with van der Waals surface area (Å²) in [5, 5.41) is 0.518. The van der Waals surface area contributed by atoms with Crippen molar-refractivity contribution >= 4 is 21.6 Å². The molecule has 1 heterocycles. The Morgan fingerprint density at radius 1 is 0.861 bits per heavy atom. The van der Waals surface area contributed by atoms with E-state index in [1.165, 1.54) is 6.07 Å². The maximum Gasteiger partial charge on any atom is 0.246 e. The summed E-state index contributed by atoms with van der Waals surface area (Å²) in [4.78, 5) is 1.37. The van der Waals surface area contributed by atoms with Crippen LogP contribution in [0.2, 0.25) is 5.02 Å². The summed E-state index contributed by atoms with van der Waals surface area (Å²) >= 11 is 5.99. The highest BCUT2D eigenvalue weighted by Crippen LogP contribution is 2.26. The Morgan fingerprint density at radius 2 is 1.50 bits per heavy atom. The van der Waals surface area contributed by atoms with Crippen LogP contribution in [0.3, 0.4) is 0 Å². The molecule has 11 heteroatoms. The number of hydrogen-bond donors (Lipinski definition) is 0. The lowest BCUT2D eigenvalue weighted by molar-refractivity contribution is 0.00546. The third-order valence-corrected chi connectivity index (χ3v) is 8.18. The standard InChI is InChI=1S/C25H23ClF4N2O3S/c26-18-6-4-17(5-7-18)24(35-16-20-21(28)2-1-3-22(20)29)15-31-10-12-32(13-11-31)36(33,34)25-9-8-19(27)14-23(25)30/h1-9,14,24H,10-13,15-16H2/t24-/m1/s1. The third kappa shape index (κ3) is 6.07. The van der Waals surface area contributed by atoms with Gasteiger partial charge in [0, 0.05) is 49.4 Å². The van der Waals surface area contributed by atoms with Crippen LogP contribution in [0.1, 0.15) is 17.2 Å². The fraction of sp³-hybridized carbons (Fsp3) is 0.280. The van der Waals surface area contributed by atoms with Gasteiger partial charge in [-0.25, -0.2) is 26.0 Å². The Hall–Kier alpha value is -2.50. The molecule has 3 aromatic carbocycles. The second-order valence-electron chi connectivity index (χ2n) is 8.33. The molecular weight excluding hydrogens is 520 g/mol. The van der Waals surface area contributed by atoms with Gasteiger partial charge in [-0.3, -0.25) is 4.90 Å². The van der Waals surface area contributed by atoms with Gasteiger partial charge in [-0.2, -0.15) is 4.31 Å². The average molecular weight is 543 g/mol. The minimum absolute atomic E-state index is 0.0778. The molecule has 0 saturated carbocycles. The zero-order chi connectivity index (χ0) is 25.9. The van der Waals surface area contributed by atoms with Crippen LogP contribution in [-0.2, 0) is 21.4 Å². The van der Waals surface area contributed by atoms with Gasteiger partial charge >= 0.3 is 0 Å². The van der Waals surface area contributed by atoms with Crippen LogP contribution in [0.25, 0.3) is 0 Å². The molecule has 0 N–H and O–H groups in total. The zero-order valence-electron chi connectivity index (χ0n) is 19.0. The van der Waals surface area contributed by atoms with E-state index in [-0.39, 0.29) is 25.3 Å². The van der Waals surface area contributed by atoms with E-state index in [4.69, 9.17) is 16.3 Å². The molecule has 1 aliphatic heterocycles. The number of sulfonamides is 1. The van der Waals surface area contributed by atoms with Gasteiger partial charge in [0.2, 0.25) is 10.0 Å². The monoisotopic (exact) mass is 542 g/mol. The van der Waals surface area contributed by atoms with E-state index in [2.05, 4.69) is 0 Å². The summed E-state index contributed by atoms with van der Waals surface area (Å²) < 4.78 is 88.3. The Morgan fingerprint density at radius 3 is 2.11 bits per heavy atom. The number of rotatable bonds is 8. The van der Waals surface area contributed by atoms with E-state index >= 15 is 0 Å². The van der Waals surface area contributed by atoms with Crippen LogP contribution in [-0.4, -0.2) is 50.3 Å². The Kier molecular flexibility index (Phi) is 8.31. The quantitative estimate of drug-likeness (QED) is 0.369. The van der Waals surface area contributed by atoms with E-state index in [9.17, 15) is 26.0 Å². The molecule has 0 amide bonds. The first-order chi connectivity index (χ1) is 17.1. The predicted octanol–water partition coefficient (Wildman–Crippen LogP) is 5.16. The molecule has 1 fully saturated rings. The fourth-order valence-corrected chi connectivity index (χ4v) is 5.59. The summed E-state index contributed by atoms with van der Waals surface area (Å²) in [6.45, 7) is 0.788. The maximum atomic E-state index is 14.1. The van der Waals surface area contributed by atoms with Crippen molar-refractivity contribution < 1.29 is 30.7 Å². The highest BCUT2D eigenvalue weighted by Gasteiger charge is 2.31. The number of piperazine rings is 1. The molecule has 4 rings (SSSR count). The van der Waals surface area contributed by atoms with E-state index in [0.29, 0.717) is 30.7 Å². The first-order valence-electron chi connectivity index (χ1n) is 11.1. The topological polar surface area (TPSA) is 49.9 Å². The summed E-state index contributed by atoms with van der Waals surface area (Å²) in [6, 6.07) is 12.8. The lowest BCUT2D eigenvalue weighted by Gasteiger charge is -2.36. The summed E-state index contributed by atoms with van der Waals surface area (Å²) in [6.07, 6.45) is -0.584.